The van der Waals surface area contributed by atoms with E-state index in [-0.39, 0.29) is 15.5 Å². The van der Waals surface area contributed by atoms with E-state index < -0.39 is 0 Å². The lowest BCUT2D eigenvalue weighted by atomic mass is 10.1. The van der Waals surface area contributed by atoms with Gasteiger partial charge in [0.15, 0.2) is 0 Å². The third-order valence-corrected chi connectivity index (χ3v) is 4.32. The summed E-state index contributed by atoms with van der Waals surface area (Å²) in [5.74, 6) is -0.0449. The van der Waals surface area contributed by atoms with Crippen molar-refractivity contribution in [2.75, 3.05) is 27.7 Å². The zero-order valence-corrected chi connectivity index (χ0v) is 11.1. The molecule has 0 radical (unpaired) electrons. The zero-order valence-electron chi connectivity index (χ0n) is 10.2. The van der Waals surface area contributed by atoms with Crippen LogP contribution in [-0.2, 0) is 6.42 Å². The van der Waals surface area contributed by atoms with Crippen LogP contribution in [0.25, 0.3) is 0 Å². The number of hydrogen-bond acceptors (Lipinski definition) is 4. The minimum atomic E-state index is -0.0449. The summed E-state index contributed by atoms with van der Waals surface area (Å²) in [5.41, 5.74) is 1.70. The van der Waals surface area contributed by atoms with E-state index in [1.54, 1.807) is 20.2 Å². The average molecular weight is 252 g/mol. The number of carbonyl (C=O) groups is 1. The number of likely N-dealkylation sites (N-methyl/N-ethyl adjacent to an activating group) is 1. The van der Waals surface area contributed by atoms with Crippen LogP contribution in [0.3, 0.4) is 0 Å². The molecule has 1 amide bonds. The molecule has 92 valence electrons. The molecule has 0 bridgehead atoms. The normalized spacial score (nSPS) is 17.2. The largest absolute Gasteiger partial charge is 0.868 e. The molecule has 0 saturated heterocycles. The first-order valence-corrected chi connectivity index (χ1v) is 6.34. The van der Waals surface area contributed by atoms with E-state index in [0.29, 0.717) is 5.69 Å². The second-order valence-electron chi connectivity index (χ2n) is 4.58. The van der Waals surface area contributed by atoms with Gasteiger partial charge in [0.25, 0.3) is 0 Å². The van der Waals surface area contributed by atoms with Crippen LogP contribution in [0.5, 0.6) is 5.75 Å². The number of thioether (sulfide) groups is 1. The molecule has 1 N–H and O–H groups in total. The van der Waals surface area contributed by atoms with Gasteiger partial charge in [-0.2, -0.15) is 0 Å². The van der Waals surface area contributed by atoms with Crippen LogP contribution in [0.4, 0.5) is 10.5 Å². The maximum Gasteiger partial charge on any atom is 0.384 e. The molecule has 5 heteroatoms. The van der Waals surface area contributed by atoms with E-state index in [9.17, 15) is 9.90 Å². The highest BCUT2D eigenvalue weighted by molar-refractivity contribution is 8.14. The van der Waals surface area contributed by atoms with Crippen molar-refractivity contribution in [3.8, 4) is 5.75 Å². The van der Waals surface area contributed by atoms with Crippen LogP contribution < -0.4 is 14.9 Å². The number of nitrogens with one attached hydrogen (secondary N) is 1. The van der Waals surface area contributed by atoms with Crippen molar-refractivity contribution in [2.24, 2.45) is 0 Å². The zero-order chi connectivity index (χ0) is 12.6. The lowest BCUT2D eigenvalue weighted by Gasteiger charge is -2.24. The van der Waals surface area contributed by atoms with Gasteiger partial charge >= 0.3 is 5.24 Å². The summed E-state index contributed by atoms with van der Waals surface area (Å²) < 4.78 is 0.0478. The van der Waals surface area contributed by atoms with Gasteiger partial charge in [0.1, 0.15) is 5.69 Å². The fourth-order valence-electron chi connectivity index (χ4n) is 1.99. The Kier molecular flexibility index (Phi) is 3.16. The molecular formula is C12H16N2O2S. The first-order chi connectivity index (χ1) is 7.98. The molecule has 0 unspecified atom stereocenters. The summed E-state index contributed by atoms with van der Waals surface area (Å²) in [6.07, 6.45) is 0.833. The molecule has 1 aromatic carbocycles. The molecule has 1 aliphatic heterocycles. The highest BCUT2D eigenvalue weighted by Crippen LogP contribution is 2.49. The molecule has 1 heterocycles. The van der Waals surface area contributed by atoms with Crippen LogP contribution in [0, 0.1) is 0 Å². The number of quaternary nitrogens is 1. The van der Waals surface area contributed by atoms with Crippen LogP contribution in [0.1, 0.15) is 5.56 Å². The summed E-state index contributed by atoms with van der Waals surface area (Å²) in [4.78, 5) is 12.8. The van der Waals surface area contributed by atoms with E-state index in [4.69, 9.17) is 0 Å². The fraction of sp³-hybridized carbons (Fsp3) is 0.417. The maximum atomic E-state index is 11.9. The van der Waals surface area contributed by atoms with Crippen molar-refractivity contribution in [3.63, 3.8) is 0 Å². The van der Waals surface area contributed by atoms with Crippen molar-refractivity contribution in [1.29, 1.82) is 0 Å². The smallest absolute Gasteiger partial charge is 0.384 e. The highest BCUT2D eigenvalue weighted by Gasteiger charge is 2.42. The van der Waals surface area contributed by atoms with E-state index in [1.165, 1.54) is 11.8 Å². The summed E-state index contributed by atoms with van der Waals surface area (Å²) >= 11 is 1.19. The minimum Gasteiger partial charge on any atom is -0.868 e. The second-order valence-corrected chi connectivity index (χ2v) is 5.54. The molecule has 0 aromatic heterocycles. The third kappa shape index (κ3) is 1.94. The Bertz CT molecular complexity index is 472. The number of benzene rings is 1. The number of rotatable bonds is 3. The van der Waals surface area contributed by atoms with Crippen LogP contribution in [-0.4, -0.2) is 32.9 Å². The highest BCUT2D eigenvalue weighted by atomic mass is 32.2. The van der Waals surface area contributed by atoms with E-state index in [0.717, 1.165) is 23.4 Å². The molecule has 17 heavy (non-hydrogen) atoms. The molecule has 0 saturated carbocycles. The van der Waals surface area contributed by atoms with E-state index in [2.05, 4.69) is 5.32 Å². The molecule has 0 atom stereocenters. The molecule has 0 fully saturated rings. The van der Waals surface area contributed by atoms with Crippen molar-refractivity contribution < 1.29 is 9.90 Å². The summed E-state index contributed by atoms with van der Waals surface area (Å²) in [6.45, 7) is 0.840. The number of carbonyl (C=O) groups excluding carboxylic acids is 1. The standard InChI is InChI=1S/C12H16N2O2S/c1-13-7-6-8-4-5-9(15)10-11(8)17-12(16)14(10,2)3/h4-5,13H,6-7H2,1-3H3. The SMILES string of the molecule is CNCCc1ccc([O-])c2c1SC(=O)[N+]2(C)C. The predicted molar refractivity (Wildman–Crippen MR) is 68.4 cm³/mol. The molecule has 0 spiro atoms. The number of hydrogen-bond donors (Lipinski definition) is 1. The Balaban J connectivity index is 2.50. The number of amides is 1. The molecule has 0 aliphatic carbocycles. The van der Waals surface area contributed by atoms with Crippen molar-refractivity contribution >= 4 is 22.7 Å². The van der Waals surface area contributed by atoms with Crippen LogP contribution in [0.15, 0.2) is 17.0 Å². The van der Waals surface area contributed by atoms with Crippen molar-refractivity contribution in [3.05, 3.63) is 17.7 Å². The minimum absolute atomic E-state index is 0.00834. The first kappa shape index (κ1) is 12.4. The van der Waals surface area contributed by atoms with Gasteiger partial charge in [0, 0.05) is 11.8 Å². The Labute approximate surface area is 105 Å². The molecule has 2 rings (SSSR count). The van der Waals surface area contributed by atoms with Crippen molar-refractivity contribution in [2.45, 2.75) is 11.3 Å². The van der Waals surface area contributed by atoms with Gasteiger partial charge in [0.2, 0.25) is 0 Å². The van der Waals surface area contributed by atoms with Crippen LogP contribution in [0.2, 0.25) is 0 Å². The lowest BCUT2D eigenvalue weighted by molar-refractivity contribution is -0.268. The second kappa shape index (κ2) is 4.33. The maximum absolute atomic E-state index is 11.9. The fourth-order valence-corrected chi connectivity index (χ4v) is 3.21. The molecule has 1 aromatic rings. The van der Waals surface area contributed by atoms with Gasteiger partial charge in [-0.3, -0.25) is 0 Å². The van der Waals surface area contributed by atoms with Gasteiger partial charge in [-0.25, -0.2) is 9.28 Å². The number of fused-ring (bicyclic) bond motifs is 1. The Morgan fingerprint density at radius 1 is 1.41 bits per heavy atom. The lowest BCUT2D eigenvalue weighted by Crippen LogP contribution is -2.41. The van der Waals surface area contributed by atoms with Gasteiger partial charge in [-0.1, -0.05) is 12.1 Å². The number of nitrogens with zero attached hydrogens (tertiary/aromatic N) is 1. The Morgan fingerprint density at radius 3 is 2.76 bits per heavy atom. The van der Waals surface area contributed by atoms with Crippen LogP contribution >= 0.6 is 11.8 Å². The Hall–Kier alpha value is -1.04. The first-order valence-electron chi connectivity index (χ1n) is 5.53. The van der Waals surface area contributed by atoms with Gasteiger partial charge in [-0.15, -0.1) is 0 Å². The van der Waals surface area contributed by atoms with Crippen molar-refractivity contribution in [1.82, 2.24) is 9.80 Å². The molecule has 1 aliphatic rings. The summed E-state index contributed by atoms with van der Waals surface area (Å²) in [7, 11) is 5.43. The quantitative estimate of drug-likeness (QED) is 0.824. The summed E-state index contributed by atoms with van der Waals surface area (Å²) in [6, 6.07) is 3.41. The van der Waals surface area contributed by atoms with E-state index in [1.807, 2.05) is 13.1 Å². The third-order valence-electron chi connectivity index (χ3n) is 3.03. The van der Waals surface area contributed by atoms with Gasteiger partial charge < -0.3 is 10.4 Å². The Morgan fingerprint density at radius 2 is 2.12 bits per heavy atom. The summed E-state index contributed by atoms with van der Waals surface area (Å²) in [5, 5.41) is 15.0. The topological polar surface area (TPSA) is 52.2 Å². The molecular weight excluding hydrogens is 236 g/mol. The van der Waals surface area contributed by atoms with Gasteiger partial charge in [-0.05, 0) is 31.3 Å². The average Bonchev–Trinajstić information content (AvgIpc) is 2.50. The molecule has 4 nitrogen and oxygen atoms in total. The van der Waals surface area contributed by atoms with Gasteiger partial charge in [0.05, 0.1) is 19.0 Å². The monoisotopic (exact) mass is 252 g/mol. The van der Waals surface area contributed by atoms with E-state index >= 15 is 0 Å². The predicted octanol–water partition coefficient (Wildman–Crippen LogP) is 1.31.